The zero-order valence-electron chi connectivity index (χ0n) is 9.16. The number of carbonyl (C=O) groups is 1. The van der Waals surface area contributed by atoms with Crippen molar-refractivity contribution in [2.24, 2.45) is 0 Å². The van der Waals surface area contributed by atoms with E-state index < -0.39 is 6.10 Å². The topological polar surface area (TPSA) is 49.3 Å². The van der Waals surface area contributed by atoms with Gasteiger partial charge in [-0.3, -0.25) is 4.79 Å². The molecule has 1 aromatic rings. The molecule has 3 nitrogen and oxygen atoms in total. The number of anilines is 1. The zero-order chi connectivity index (χ0) is 11.3. The van der Waals surface area contributed by atoms with Gasteiger partial charge >= 0.3 is 0 Å². The molecule has 1 amide bonds. The summed E-state index contributed by atoms with van der Waals surface area (Å²) in [5.41, 5.74) is 1.63. The summed E-state index contributed by atoms with van der Waals surface area (Å²) in [5, 5.41) is 12.1. The first-order valence-electron chi connectivity index (χ1n) is 5.21. The third-order valence-electron chi connectivity index (χ3n) is 2.15. The Labute approximate surface area is 90.1 Å². The molecule has 1 aromatic carbocycles. The van der Waals surface area contributed by atoms with E-state index in [4.69, 9.17) is 0 Å². The molecule has 0 spiro atoms. The van der Waals surface area contributed by atoms with Crippen molar-refractivity contribution in [3.8, 4) is 0 Å². The maximum absolute atomic E-state index is 11.3. The van der Waals surface area contributed by atoms with Crippen LogP contribution in [0, 0.1) is 0 Å². The van der Waals surface area contributed by atoms with Crippen LogP contribution in [0.4, 0.5) is 5.69 Å². The summed E-state index contributed by atoms with van der Waals surface area (Å²) in [6.45, 7) is 3.68. The summed E-state index contributed by atoms with van der Waals surface area (Å²) in [6.07, 6.45) is 0.917. The van der Waals surface area contributed by atoms with E-state index in [0.29, 0.717) is 6.42 Å². The second kappa shape index (κ2) is 5.51. The van der Waals surface area contributed by atoms with E-state index in [2.05, 4.69) is 5.32 Å². The number of carbonyl (C=O) groups excluding carboxylic acids is 1. The second-order valence-corrected chi connectivity index (χ2v) is 3.60. The molecule has 3 heteroatoms. The van der Waals surface area contributed by atoms with Gasteiger partial charge in [-0.15, -0.1) is 0 Å². The van der Waals surface area contributed by atoms with E-state index in [-0.39, 0.29) is 5.91 Å². The predicted octanol–water partition coefficient (Wildman–Crippen LogP) is 2.48. The fraction of sp³-hybridized carbons (Fsp3) is 0.417. The highest BCUT2D eigenvalue weighted by Crippen LogP contribution is 2.15. The van der Waals surface area contributed by atoms with Gasteiger partial charge < -0.3 is 10.4 Å². The maximum Gasteiger partial charge on any atom is 0.224 e. The molecular weight excluding hydrogens is 190 g/mol. The smallest absolute Gasteiger partial charge is 0.224 e. The molecule has 1 atom stereocenters. The SMILES string of the molecule is CCCC(=O)Nc1ccc(C(C)O)cc1. The Kier molecular flexibility index (Phi) is 4.31. The summed E-state index contributed by atoms with van der Waals surface area (Å²) in [6, 6.07) is 7.23. The van der Waals surface area contributed by atoms with Crippen molar-refractivity contribution >= 4 is 11.6 Å². The summed E-state index contributed by atoms with van der Waals surface area (Å²) < 4.78 is 0. The van der Waals surface area contributed by atoms with Crippen LogP contribution < -0.4 is 5.32 Å². The number of benzene rings is 1. The highest BCUT2D eigenvalue weighted by molar-refractivity contribution is 5.90. The number of amides is 1. The lowest BCUT2D eigenvalue weighted by Gasteiger charge is -2.07. The van der Waals surface area contributed by atoms with Crippen molar-refractivity contribution in [1.82, 2.24) is 0 Å². The Hall–Kier alpha value is -1.35. The molecule has 0 heterocycles. The number of aliphatic hydroxyl groups excluding tert-OH is 1. The van der Waals surface area contributed by atoms with E-state index in [1.54, 1.807) is 19.1 Å². The van der Waals surface area contributed by atoms with Crippen LogP contribution in [-0.4, -0.2) is 11.0 Å². The van der Waals surface area contributed by atoms with Crippen LogP contribution in [0.3, 0.4) is 0 Å². The average Bonchev–Trinajstić information content (AvgIpc) is 2.18. The van der Waals surface area contributed by atoms with Gasteiger partial charge in [-0.05, 0) is 31.0 Å². The molecule has 1 rings (SSSR count). The van der Waals surface area contributed by atoms with Gasteiger partial charge in [0.1, 0.15) is 0 Å². The van der Waals surface area contributed by atoms with Crippen LogP contribution in [0.1, 0.15) is 38.4 Å². The normalized spacial score (nSPS) is 12.2. The third kappa shape index (κ3) is 3.72. The molecule has 0 bridgehead atoms. The molecule has 2 N–H and O–H groups in total. The quantitative estimate of drug-likeness (QED) is 0.796. The van der Waals surface area contributed by atoms with Crippen LogP contribution in [0.15, 0.2) is 24.3 Å². The molecule has 0 aliphatic heterocycles. The first kappa shape index (κ1) is 11.7. The Morgan fingerprint density at radius 1 is 1.40 bits per heavy atom. The largest absolute Gasteiger partial charge is 0.389 e. The van der Waals surface area contributed by atoms with Gasteiger partial charge in [0.25, 0.3) is 0 Å². The van der Waals surface area contributed by atoms with Crippen molar-refractivity contribution in [2.75, 3.05) is 5.32 Å². The molecule has 0 aromatic heterocycles. The van der Waals surface area contributed by atoms with Crippen LogP contribution >= 0.6 is 0 Å². The molecule has 0 aliphatic carbocycles. The minimum absolute atomic E-state index is 0.0299. The van der Waals surface area contributed by atoms with Gasteiger partial charge in [0.05, 0.1) is 6.10 Å². The Morgan fingerprint density at radius 3 is 2.47 bits per heavy atom. The predicted molar refractivity (Wildman–Crippen MR) is 60.6 cm³/mol. The lowest BCUT2D eigenvalue weighted by Crippen LogP contribution is -2.10. The van der Waals surface area contributed by atoms with Crippen LogP contribution in [0.2, 0.25) is 0 Å². The van der Waals surface area contributed by atoms with Gasteiger partial charge in [0.15, 0.2) is 0 Å². The van der Waals surface area contributed by atoms with E-state index in [1.807, 2.05) is 19.1 Å². The number of hydrogen-bond donors (Lipinski definition) is 2. The fourth-order valence-electron chi connectivity index (χ4n) is 1.30. The van der Waals surface area contributed by atoms with E-state index >= 15 is 0 Å². The average molecular weight is 207 g/mol. The zero-order valence-corrected chi connectivity index (χ0v) is 9.16. The number of rotatable bonds is 4. The standard InChI is InChI=1S/C12H17NO2/c1-3-4-12(15)13-11-7-5-10(6-8-11)9(2)14/h5-9,14H,3-4H2,1-2H3,(H,13,15). The number of aliphatic hydroxyl groups is 1. The van der Waals surface area contributed by atoms with Crippen molar-refractivity contribution in [1.29, 1.82) is 0 Å². The van der Waals surface area contributed by atoms with Gasteiger partial charge in [0.2, 0.25) is 5.91 Å². The molecule has 1 unspecified atom stereocenters. The van der Waals surface area contributed by atoms with E-state index in [0.717, 1.165) is 17.7 Å². The van der Waals surface area contributed by atoms with Crippen LogP contribution in [0.5, 0.6) is 0 Å². The first-order valence-corrected chi connectivity index (χ1v) is 5.21. The molecule has 82 valence electrons. The first-order chi connectivity index (χ1) is 7.13. The minimum atomic E-state index is -0.467. The van der Waals surface area contributed by atoms with Crippen molar-refractivity contribution in [2.45, 2.75) is 32.8 Å². The Balaban J connectivity index is 2.60. The van der Waals surface area contributed by atoms with Crippen molar-refractivity contribution < 1.29 is 9.90 Å². The maximum atomic E-state index is 11.3. The monoisotopic (exact) mass is 207 g/mol. The molecule has 0 saturated heterocycles. The van der Waals surface area contributed by atoms with E-state index in [1.165, 1.54) is 0 Å². The van der Waals surface area contributed by atoms with Crippen LogP contribution in [0.25, 0.3) is 0 Å². The van der Waals surface area contributed by atoms with Gasteiger partial charge in [0, 0.05) is 12.1 Å². The summed E-state index contributed by atoms with van der Waals surface area (Å²) in [5.74, 6) is 0.0299. The second-order valence-electron chi connectivity index (χ2n) is 3.60. The molecule has 0 fully saturated rings. The molecule has 0 saturated carbocycles. The van der Waals surface area contributed by atoms with Gasteiger partial charge in [-0.1, -0.05) is 19.1 Å². The van der Waals surface area contributed by atoms with Crippen molar-refractivity contribution in [3.05, 3.63) is 29.8 Å². The lowest BCUT2D eigenvalue weighted by molar-refractivity contribution is -0.116. The van der Waals surface area contributed by atoms with Gasteiger partial charge in [-0.25, -0.2) is 0 Å². The molecule has 0 aliphatic rings. The number of hydrogen-bond acceptors (Lipinski definition) is 2. The van der Waals surface area contributed by atoms with Gasteiger partial charge in [-0.2, -0.15) is 0 Å². The molecular formula is C12H17NO2. The lowest BCUT2D eigenvalue weighted by atomic mass is 10.1. The van der Waals surface area contributed by atoms with Crippen LogP contribution in [-0.2, 0) is 4.79 Å². The highest BCUT2D eigenvalue weighted by Gasteiger charge is 2.02. The van der Waals surface area contributed by atoms with E-state index in [9.17, 15) is 9.90 Å². The van der Waals surface area contributed by atoms with Crippen molar-refractivity contribution in [3.63, 3.8) is 0 Å². The third-order valence-corrected chi connectivity index (χ3v) is 2.15. The molecule has 15 heavy (non-hydrogen) atoms. The highest BCUT2D eigenvalue weighted by atomic mass is 16.3. The summed E-state index contributed by atoms with van der Waals surface area (Å²) >= 11 is 0. The minimum Gasteiger partial charge on any atom is -0.389 e. The summed E-state index contributed by atoms with van der Waals surface area (Å²) in [4.78, 5) is 11.3. The number of nitrogens with one attached hydrogen (secondary N) is 1. The summed E-state index contributed by atoms with van der Waals surface area (Å²) in [7, 11) is 0. The fourth-order valence-corrected chi connectivity index (χ4v) is 1.30. The Morgan fingerprint density at radius 2 is 2.00 bits per heavy atom. The molecule has 0 radical (unpaired) electrons. The Bertz CT molecular complexity index is 317.